The summed E-state index contributed by atoms with van der Waals surface area (Å²) in [5.74, 6) is 0.0335. The summed E-state index contributed by atoms with van der Waals surface area (Å²) in [7, 11) is 0. The molecule has 0 bridgehead atoms. The summed E-state index contributed by atoms with van der Waals surface area (Å²) >= 11 is 1.45. The van der Waals surface area contributed by atoms with Gasteiger partial charge in [0.1, 0.15) is 10.7 Å². The molecule has 1 aromatic rings. The fourth-order valence-electron chi connectivity index (χ4n) is 2.83. The molecule has 3 rings (SSSR count). The number of ether oxygens (including phenoxy) is 1. The number of halogens is 1. The fraction of sp³-hybridized carbons (Fsp3) is 0.667. The third-order valence-corrected chi connectivity index (χ3v) is 4.56. The third-order valence-electron chi connectivity index (χ3n) is 3.69. The van der Waals surface area contributed by atoms with Gasteiger partial charge in [-0.3, -0.25) is 4.79 Å². The van der Waals surface area contributed by atoms with Gasteiger partial charge in [0.25, 0.3) is 5.91 Å². The number of morpholine rings is 1. The van der Waals surface area contributed by atoms with Gasteiger partial charge < -0.3 is 15.4 Å². The minimum absolute atomic E-state index is 0. The summed E-state index contributed by atoms with van der Waals surface area (Å²) in [5, 5.41) is 2.62. The maximum absolute atomic E-state index is 12.4. The van der Waals surface area contributed by atoms with Gasteiger partial charge in [-0.05, 0) is 19.3 Å². The van der Waals surface area contributed by atoms with Crippen LogP contribution in [-0.2, 0) is 11.3 Å². The van der Waals surface area contributed by atoms with Crippen LogP contribution < -0.4 is 5.73 Å². The first-order chi connectivity index (χ1) is 8.79. The first kappa shape index (κ1) is 14.7. The van der Waals surface area contributed by atoms with Crippen LogP contribution in [0.5, 0.6) is 0 Å². The van der Waals surface area contributed by atoms with E-state index < -0.39 is 0 Å². The lowest BCUT2D eigenvalue weighted by Crippen LogP contribution is -2.51. The van der Waals surface area contributed by atoms with Crippen molar-refractivity contribution in [3.63, 3.8) is 0 Å². The molecule has 2 fully saturated rings. The highest BCUT2D eigenvalue weighted by molar-refractivity contribution is 7.09. The van der Waals surface area contributed by atoms with Crippen molar-refractivity contribution < 1.29 is 9.53 Å². The zero-order chi connectivity index (χ0) is 12.5. The fourth-order valence-corrected chi connectivity index (χ4v) is 3.48. The molecule has 2 atom stereocenters. The molecule has 5 nitrogen and oxygen atoms in total. The molecule has 106 valence electrons. The van der Waals surface area contributed by atoms with Gasteiger partial charge in [0, 0.05) is 18.5 Å². The average molecular weight is 304 g/mol. The predicted molar refractivity (Wildman–Crippen MR) is 75.7 cm³/mol. The van der Waals surface area contributed by atoms with Crippen molar-refractivity contribution in [2.45, 2.75) is 38.0 Å². The van der Waals surface area contributed by atoms with Crippen molar-refractivity contribution in [2.24, 2.45) is 5.73 Å². The second-order valence-electron chi connectivity index (χ2n) is 4.74. The molecule has 1 saturated carbocycles. The van der Waals surface area contributed by atoms with Crippen LogP contribution in [0.1, 0.15) is 34.8 Å². The molecule has 1 aliphatic heterocycles. The van der Waals surface area contributed by atoms with E-state index in [4.69, 9.17) is 10.5 Å². The van der Waals surface area contributed by atoms with Gasteiger partial charge in [-0.15, -0.1) is 23.7 Å². The van der Waals surface area contributed by atoms with Gasteiger partial charge in [-0.1, -0.05) is 0 Å². The molecule has 2 N–H and O–H groups in total. The zero-order valence-corrected chi connectivity index (χ0v) is 12.2. The molecule has 1 amide bonds. The molecule has 1 saturated heterocycles. The Bertz CT molecular complexity index is 454. The van der Waals surface area contributed by atoms with E-state index in [-0.39, 0.29) is 30.5 Å². The normalized spacial score (nSPS) is 25.8. The van der Waals surface area contributed by atoms with Crippen LogP contribution in [0.2, 0.25) is 0 Å². The largest absolute Gasteiger partial charge is 0.374 e. The third kappa shape index (κ3) is 2.76. The highest BCUT2D eigenvalue weighted by Crippen LogP contribution is 2.30. The van der Waals surface area contributed by atoms with Gasteiger partial charge in [0.05, 0.1) is 18.8 Å². The van der Waals surface area contributed by atoms with Crippen LogP contribution in [0.25, 0.3) is 0 Å². The Morgan fingerprint density at radius 3 is 3.16 bits per heavy atom. The molecular weight excluding hydrogens is 286 g/mol. The number of aromatic nitrogens is 1. The maximum Gasteiger partial charge on any atom is 0.273 e. The molecular formula is C12H18ClN3O2S. The molecule has 0 radical (unpaired) electrons. The number of thiazole rings is 1. The molecule has 0 spiro atoms. The van der Waals surface area contributed by atoms with Crippen molar-refractivity contribution in [3.8, 4) is 0 Å². The second kappa shape index (κ2) is 6.17. The standard InChI is InChI=1S/C12H17N3O2S.ClH/c13-6-11-14-8(7-18-11)12(16)15-4-5-17-10-3-1-2-9(10)15;/h7,9-10H,1-6,13H2;1H. The molecule has 19 heavy (non-hydrogen) atoms. The lowest BCUT2D eigenvalue weighted by molar-refractivity contribution is -0.0447. The summed E-state index contributed by atoms with van der Waals surface area (Å²) in [6.07, 6.45) is 3.49. The molecule has 7 heteroatoms. The van der Waals surface area contributed by atoms with Crippen LogP contribution in [-0.4, -0.2) is 41.1 Å². The Morgan fingerprint density at radius 2 is 2.42 bits per heavy atom. The number of hydrogen-bond acceptors (Lipinski definition) is 5. The van der Waals surface area contributed by atoms with Crippen LogP contribution in [0, 0.1) is 0 Å². The first-order valence-electron chi connectivity index (χ1n) is 6.36. The summed E-state index contributed by atoms with van der Waals surface area (Å²) in [6.45, 7) is 1.71. The van der Waals surface area contributed by atoms with E-state index in [1.807, 2.05) is 10.3 Å². The Labute approximate surface area is 122 Å². The van der Waals surface area contributed by atoms with E-state index in [1.54, 1.807) is 0 Å². The summed E-state index contributed by atoms with van der Waals surface area (Å²) < 4.78 is 5.71. The number of rotatable bonds is 2. The number of nitrogens with two attached hydrogens (primary N) is 1. The van der Waals surface area contributed by atoms with E-state index in [2.05, 4.69) is 4.98 Å². The number of amides is 1. The summed E-state index contributed by atoms with van der Waals surface area (Å²) in [5.41, 5.74) is 6.07. The molecule has 0 aromatic carbocycles. The summed E-state index contributed by atoms with van der Waals surface area (Å²) in [4.78, 5) is 18.7. The van der Waals surface area contributed by atoms with Gasteiger partial charge in [-0.25, -0.2) is 4.98 Å². The van der Waals surface area contributed by atoms with E-state index >= 15 is 0 Å². The minimum Gasteiger partial charge on any atom is -0.374 e. The molecule has 2 heterocycles. The first-order valence-corrected chi connectivity index (χ1v) is 7.24. The Hall–Kier alpha value is -0.690. The van der Waals surface area contributed by atoms with E-state index in [1.165, 1.54) is 11.3 Å². The molecule has 1 aromatic heterocycles. The highest BCUT2D eigenvalue weighted by Gasteiger charge is 2.39. The van der Waals surface area contributed by atoms with Crippen LogP contribution in [0.4, 0.5) is 0 Å². The number of nitrogens with zero attached hydrogens (tertiary/aromatic N) is 2. The number of carbonyl (C=O) groups is 1. The monoisotopic (exact) mass is 303 g/mol. The van der Waals surface area contributed by atoms with E-state index in [0.717, 1.165) is 24.3 Å². The zero-order valence-electron chi connectivity index (χ0n) is 10.6. The predicted octanol–water partition coefficient (Wildman–Crippen LogP) is 1.42. The Kier molecular flexibility index (Phi) is 4.78. The number of carbonyl (C=O) groups excluding carboxylic acids is 1. The van der Waals surface area contributed by atoms with Crippen LogP contribution in [0.3, 0.4) is 0 Å². The van der Waals surface area contributed by atoms with Gasteiger partial charge in [0.15, 0.2) is 0 Å². The van der Waals surface area contributed by atoms with Gasteiger partial charge in [0.2, 0.25) is 0 Å². The molecule has 2 unspecified atom stereocenters. The van der Waals surface area contributed by atoms with Crippen molar-refractivity contribution in [1.29, 1.82) is 0 Å². The molecule has 2 aliphatic rings. The lowest BCUT2D eigenvalue weighted by atomic mass is 10.1. The average Bonchev–Trinajstić information content (AvgIpc) is 3.05. The van der Waals surface area contributed by atoms with Crippen molar-refractivity contribution in [1.82, 2.24) is 9.88 Å². The van der Waals surface area contributed by atoms with Crippen molar-refractivity contribution in [3.05, 3.63) is 16.1 Å². The van der Waals surface area contributed by atoms with Crippen molar-refractivity contribution in [2.75, 3.05) is 13.2 Å². The van der Waals surface area contributed by atoms with E-state index in [9.17, 15) is 4.79 Å². The number of fused-ring (bicyclic) bond motifs is 1. The Balaban J connectivity index is 0.00000133. The maximum atomic E-state index is 12.4. The van der Waals surface area contributed by atoms with Crippen molar-refractivity contribution >= 4 is 29.7 Å². The molecule has 1 aliphatic carbocycles. The lowest BCUT2D eigenvalue weighted by Gasteiger charge is -2.37. The summed E-state index contributed by atoms with van der Waals surface area (Å²) in [6, 6.07) is 0.245. The van der Waals surface area contributed by atoms with Crippen LogP contribution >= 0.6 is 23.7 Å². The van der Waals surface area contributed by atoms with Gasteiger partial charge >= 0.3 is 0 Å². The Morgan fingerprint density at radius 1 is 1.58 bits per heavy atom. The number of hydrogen-bond donors (Lipinski definition) is 1. The minimum atomic E-state index is 0. The second-order valence-corrected chi connectivity index (χ2v) is 5.68. The topological polar surface area (TPSA) is 68.5 Å². The SMILES string of the molecule is Cl.NCc1nc(C(=O)N2CCOC3CCCC32)cs1. The highest BCUT2D eigenvalue weighted by atomic mass is 35.5. The quantitative estimate of drug-likeness (QED) is 0.897. The van der Waals surface area contributed by atoms with E-state index in [0.29, 0.717) is 25.4 Å². The van der Waals surface area contributed by atoms with Gasteiger partial charge in [-0.2, -0.15) is 0 Å². The smallest absolute Gasteiger partial charge is 0.273 e. The van der Waals surface area contributed by atoms with Crippen LogP contribution in [0.15, 0.2) is 5.38 Å².